The molecule has 3 unspecified atom stereocenters. The van der Waals surface area contributed by atoms with Crippen LogP contribution in [0.4, 0.5) is 0 Å². The molecule has 2 nitrogen and oxygen atoms in total. The van der Waals surface area contributed by atoms with Crippen LogP contribution < -0.4 is 5.32 Å². The third kappa shape index (κ3) is 4.54. The van der Waals surface area contributed by atoms with Gasteiger partial charge in [-0.25, -0.2) is 0 Å². The standard InChI is InChI=1S/C19H32N2/c1-5-6-16-7-8-17(12-21-14(2)3)18(11-16)19-13-20-10-9-15(19)4/h9-10,13-14,16-18,21H,5-8,11-12H2,1-4H3. The first kappa shape index (κ1) is 16.5. The van der Waals surface area contributed by atoms with Gasteiger partial charge in [-0.15, -0.1) is 0 Å². The lowest BCUT2D eigenvalue weighted by molar-refractivity contribution is 0.217. The summed E-state index contributed by atoms with van der Waals surface area (Å²) in [6.07, 6.45) is 10.9. The van der Waals surface area contributed by atoms with Gasteiger partial charge in [0, 0.05) is 18.4 Å². The molecule has 1 aromatic heterocycles. The fraction of sp³-hybridized carbons (Fsp3) is 0.737. The smallest absolute Gasteiger partial charge is 0.0305 e. The summed E-state index contributed by atoms with van der Waals surface area (Å²) in [5.41, 5.74) is 2.91. The number of hydrogen-bond donors (Lipinski definition) is 1. The molecule has 1 heterocycles. The van der Waals surface area contributed by atoms with Crippen LogP contribution in [0.3, 0.4) is 0 Å². The minimum Gasteiger partial charge on any atom is -0.314 e. The summed E-state index contributed by atoms with van der Waals surface area (Å²) in [5.74, 6) is 2.37. The zero-order valence-corrected chi connectivity index (χ0v) is 14.2. The average Bonchev–Trinajstić information content (AvgIpc) is 2.46. The minimum absolute atomic E-state index is 0.578. The molecule has 0 saturated heterocycles. The number of aromatic nitrogens is 1. The number of nitrogens with one attached hydrogen (secondary N) is 1. The maximum absolute atomic E-state index is 4.40. The van der Waals surface area contributed by atoms with Crippen molar-refractivity contribution >= 4 is 0 Å². The normalized spacial score (nSPS) is 26.2. The molecule has 3 atom stereocenters. The number of nitrogens with zero attached hydrogens (tertiary/aromatic N) is 1. The fourth-order valence-corrected chi connectivity index (χ4v) is 3.87. The van der Waals surface area contributed by atoms with Crippen LogP contribution in [0.1, 0.15) is 69.9 Å². The SMILES string of the molecule is CCCC1CCC(CNC(C)C)C(c2cnccc2C)C1. The highest BCUT2D eigenvalue weighted by Crippen LogP contribution is 2.42. The quantitative estimate of drug-likeness (QED) is 0.821. The predicted octanol–water partition coefficient (Wildman–Crippen LogP) is 4.69. The first-order chi connectivity index (χ1) is 10.1. The third-order valence-electron chi connectivity index (χ3n) is 5.07. The van der Waals surface area contributed by atoms with Crippen LogP contribution in [0, 0.1) is 18.8 Å². The predicted molar refractivity (Wildman–Crippen MR) is 90.6 cm³/mol. The highest BCUT2D eigenvalue weighted by atomic mass is 14.9. The number of rotatable bonds is 6. The molecule has 1 fully saturated rings. The molecule has 1 N–H and O–H groups in total. The summed E-state index contributed by atoms with van der Waals surface area (Å²) in [7, 11) is 0. The van der Waals surface area contributed by atoms with Crippen molar-refractivity contribution in [2.75, 3.05) is 6.54 Å². The first-order valence-electron chi connectivity index (χ1n) is 8.75. The molecule has 1 aromatic rings. The summed E-state index contributed by atoms with van der Waals surface area (Å²) in [6, 6.07) is 2.75. The Labute approximate surface area is 130 Å². The summed E-state index contributed by atoms with van der Waals surface area (Å²) in [5, 5.41) is 3.66. The topological polar surface area (TPSA) is 24.9 Å². The van der Waals surface area contributed by atoms with E-state index in [0.29, 0.717) is 12.0 Å². The van der Waals surface area contributed by atoms with Gasteiger partial charge in [-0.2, -0.15) is 0 Å². The van der Waals surface area contributed by atoms with Crippen LogP contribution in [0.25, 0.3) is 0 Å². The van der Waals surface area contributed by atoms with Gasteiger partial charge in [0.15, 0.2) is 0 Å². The van der Waals surface area contributed by atoms with E-state index in [1.807, 2.05) is 6.20 Å². The van der Waals surface area contributed by atoms with E-state index in [-0.39, 0.29) is 0 Å². The van der Waals surface area contributed by atoms with Crippen LogP contribution in [0.15, 0.2) is 18.5 Å². The van der Waals surface area contributed by atoms with Gasteiger partial charge < -0.3 is 5.32 Å². The molecule has 0 bridgehead atoms. The largest absolute Gasteiger partial charge is 0.314 e. The maximum Gasteiger partial charge on any atom is 0.0305 e. The van der Waals surface area contributed by atoms with Gasteiger partial charge in [0.2, 0.25) is 0 Å². The third-order valence-corrected chi connectivity index (χ3v) is 5.07. The Balaban J connectivity index is 2.14. The molecular weight excluding hydrogens is 256 g/mol. The van der Waals surface area contributed by atoms with Crippen molar-refractivity contribution in [2.45, 2.75) is 71.8 Å². The van der Waals surface area contributed by atoms with Crippen molar-refractivity contribution in [3.05, 3.63) is 29.6 Å². The van der Waals surface area contributed by atoms with E-state index >= 15 is 0 Å². The monoisotopic (exact) mass is 288 g/mol. The number of hydrogen-bond acceptors (Lipinski definition) is 2. The Kier molecular flexibility index (Phi) is 6.22. The van der Waals surface area contributed by atoms with Gasteiger partial charge in [-0.1, -0.05) is 40.0 Å². The Morgan fingerprint density at radius 3 is 2.81 bits per heavy atom. The highest BCUT2D eigenvalue weighted by Gasteiger charge is 2.31. The van der Waals surface area contributed by atoms with Crippen molar-refractivity contribution in [3.8, 4) is 0 Å². The molecule has 0 radical (unpaired) electrons. The Morgan fingerprint density at radius 2 is 2.14 bits per heavy atom. The zero-order chi connectivity index (χ0) is 15.2. The Bertz CT molecular complexity index is 427. The minimum atomic E-state index is 0.578. The number of aryl methyl sites for hydroxylation is 1. The van der Waals surface area contributed by atoms with Crippen LogP contribution in [-0.2, 0) is 0 Å². The Hall–Kier alpha value is -0.890. The lowest BCUT2D eigenvalue weighted by Gasteiger charge is -2.37. The maximum atomic E-state index is 4.40. The summed E-state index contributed by atoms with van der Waals surface area (Å²) in [4.78, 5) is 4.40. The second-order valence-electron chi connectivity index (χ2n) is 7.13. The molecular formula is C19H32N2. The second kappa shape index (κ2) is 7.93. The van der Waals surface area contributed by atoms with Gasteiger partial charge in [0.1, 0.15) is 0 Å². The molecule has 0 aliphatic heterocycles. The highest BCUT2D eigenvalue weighted by molar-refractivity contribution is 5.27. The molecule has 1 saturated carbocycles. The van der Waals surface area contributed by atoms with Crippen LogP contribution in [0.5, 0.6) is 0 Å². The molecule has 0 spiro atoms. The Morgan fingerprint density at radius 1 is 1.33 bits per heavy atom. The van der Waals surface area contributed by atoms with Gasteiger partial charge >= 0.3 is 0 Å². The van der Waals surface area contributed by atoms with Crippen LogP contribution in [0.2, 0.25) is 0 Å². The molecule has 2 heteroatoms. The van der Waals surface area contributed by atoms with Gasteiger partial charge in [0.25, 0.3) is 0 Å². The van der Waals surface area contributed by atoms with E-state index in [1.165, 1.54) is 43.2 Å². The lowest BCUT2D eigenvalue weighted by atomic mass is 9.69. The van der Waals surface area contributed by atoms with E-state index in [0.717, 1.165) is 18.4 Å². The first-order valence-corrected chi connectivity index (χ1v) is 8.75. The van der Waals surface area contributed by atoms with Crippen molar-refractivity contribution < 1.29 is 0 Å². The molecule has 0 amide bonds. The zero-order valence-electron chi connectivity index (χ0n) is 14.2. The van der Waals surface area contributed by atoms with Crippen molar-refractivity contribution in [3.63, 3.8) is 0 Å². The van der Waals surface area contributed by atoms with E-state index in [4.69, 9.17) is 0 Å². The van der Waals surface area contributed by atoms with Crippen LogP contribution in [-0.4, -0.2) is 17.6 Å². The summed E-state index contributed by atoms with van der Waals surface area (Å²) in [6.45, 7) is 10.2. The van der Waals surface area contributed by atoms with E-state index < -0.39 is 0 Å². The van der Waals surface area contributed by atoms with Gasteiger partial charge in [-0.05, 0) is 61.3 Å². The van der Waals surface area contributed by atoms with Crippen molar-refractivity contribution in [2.24, 2.45) is 11.8 Å². The summed E-state index contributed by atoms with van der Waals surface area (Å²) < 4.78 is 0. The average molecular weight is 288 g/mol. The molecule has 0 aromatic carbocycles. The van der Waals surface area contributed by atoms with Gasteiger partial charge in [-0.3, -0.25) is 4.98 Å². The van der Waals surface area contributed by atoms with E-state index in [1.54, 1.807) is 0 Å². The van der Waals surface area contributed by atoms with E-state index in [9.17, 15) is 0 Å². The van der Waals surface area contributed by atoms with Gasteiger partial charge in [0.05, 0.1) is 0 Å². The lowest BCUT2D eigenvalue weighted by Crippen LogP contribution is -2.35. The van der Waals surface area contributed by atoms with Crippen LogP contribution >= 0.6 is 0 Å². The fourth-order valence-electron chi connectivity index (χ4n) is 3.87. The molecule has 1 aliphatic rings. The molecule has 21 heavy (non-hydrogen) atoms. The second-order valence-corrected chi connectivity index (χ2v) is 7.13. The molecule has 2 rings (SSSR count). The van der Waals surface area contributed by atoms with Crippen molar-refractivity contribution in [1.82, 2.24) is 10.3 Å². The molecule has 1 aliphatic carbocycles. The number of pyridine rings is 1. The van der Waals surface area contributed by atoms with E-state index in [2.05, 4.69) is 50.3 Å². The van der Waals surface area contributed by atoms with Crippen molar-refractivity contribution in [1.29, 1.82) is 0 Å². The molecule has 118 valence electrons. The summed E-state index contributed by atoms with van der Waals surface area (Å²) >= 11 is 0.